The number of aryl methyl sites for hydroxylation is 1. The second-order valence-electron chi connectivity index (χ2n) is 12.1. The number of fused-ring (bicyclic) bond motifs is 1. The molecule has 0 unspecified atom stereocenters. The lowest BCUT2D eigenvalue weighted by atomic mass is 9.90. The molecule has 0 bridgehead atoms. The molecule has 2 aromatic rings. The summed E-state index contributed by atoms with van der Waals surface area (Å²) in [5, 5.41) is 8.05. The first-order valence-electron chi connectivity index (χ1n) is 14.5. The van der Waals surface area contributed by atoms with Gasteiger partial charge in [-0.2, -0.15) is 0 Å². The first kappa shape index (κ1) is 31.0. The van der Waals surface area contributed by atoms with Crippen LogP contribution in [0.25, 0.3) is 0 Å². The summed E-state index contributed by atoms with van der Waals surface area (Å²) in [6.07, 6.45) is -0.655. The number of amides is 3. The van der Waals surface area contributed by atoms with E-state index in [-0.39, 0.29) is 36.4 Å². The quantitative estimate of drug-likeness (QED) is 0.449. The maximum Gasteiger partial charge on any atom is 0.410 e. The van der Waals surface area contributed by atoms with E-state index in [0.717, 1.165) is 10.2 Å². The molecule has 3 aliphatic rings. The first-order valence-corrected chi connectivity index (χ1v) is 14.9. The summed E-state index contributed by atoms with van der Waals surface area (Å²) >= 11 is 6.66. The fourth-order valence-electron chi connectivity index (χ4n) is 6.14. The number of hydrogen-bond donors (Lipinski definition) is 0. The van der Waals surface area contributed by atoms with Crippen LogP contribution in [0, 0.1) is 0 Å². The van der Waals surface area contributed by atoms with Gasteiger partial charge in [-0.05, 0) is 64.2 Å². The zero-order valence-electron chi connectivity index (χ0n) is 24.8. The molecule has 0 spiro atoms. The number of rotatable bonds is 7. The van der Waals surface area contributed by atoms with E-state index in [0.29, 0.717) is 68.1 Å². The van der Waals surface area contributed by atoms with Gasteiger partial charge in [-0.1, -0.05) is 16.8 Å². The largest absolute Gasteiger partial charge is 0.487 e. The highest BCUT2D eigenvalue weighted by molar-refractivity contribution is 6.31. The van der Waals surface area contributed by atoms with Crippen molar-refractivity contribution in [3.8, 4) is 5.75 Å². The number of hydrogen-bond acceptors (Lipinski definition) is 7. The molecule has 0 aliphatic carbocycles. The Balaban J connectivity index is 1.49. The van der Waals surface area contributed by atoms with Gasteiger partial charge in [-0.25, -0.2) is 18.3 Å². The molecule has 14 heteroatoms. The van der Waals surface area contributed by atoms with Gasteiger partial charge in [0.2, 0.25) is 11.8 Å². The van der Waals surface area contributed by atoms with Crippen LogP contribution in [-0.2, 0) is 34.4 Å². The van der Waals surface area contributed by atoms with Gasteiger partial charge in [0.1, 0.15) is 35.4 Å². The normalized spacial score (nSPS) is 20.7. The van der Waals surface area contributed by atoms with E-state index >= 15 is 0 Å². The number of carbonyl (C=O) groups is 3. The lowest BCUT2D eigenvalue weighted by Gasteiger charge is -2.42. The monoisotopic (exact) mass is 622 g/mol. The Labute approximate surface area is 254 Å². The first-order chi connectivity index (χ1) is 20.4. The number of benzene rings is 1. The smallest absolute Gasteiger partial charge is 0.410 e. The maximum absolute atomic E-state index is 14.2. The van der Waals surface area contributed by atoms with Crippen molar-refractivity contribution in [1.82, 2.24) is 29.7 Å². The zero-order chi connectivity index (χ0) is 31.1. The highest BCUT2D eigenvalue weighted by Gasteiger charge is 2.44. The molecule has 43 heavy (non-hydrogen) atoms. The van der Waals surface area contributed by atoms with E-state index in [4.69, 9.17) is 21.1 Å². The van der Waals surface area contributed by atoms with Crippen LogP contribution in [0.2, 0.25) is 5.02 Å². The van der Waals surface area contributed by atoms with Crippen LogP contribution in [-0.4, -0.2) is 85.4 Å². The lowest BCUT2D eigenvalue weighted by Crippen LogP contribution is -2.53. The molecule has 3 aliphatic heterocycles. The Kier molecular flexibility index (Phi) is 8.82. The van der Waals surface area contributed by atoms with Crippen LogP contribution in [0.5, 0.6) is 5.75 Å². The molecule has 1 aromatic carbocycles. The Morgan fingerprint density at radius 3 is 2.56 bits per heavy atom. The summed E-state index contributed by atoms with van der Waals surface area (Å²) in [6.45, 7) is 6.53. The fraction of sp³-hybridized carbons (Fsp3) is 0.621. The van der Waals surface area contributed by atoms with E-state index < -0.39 is 30.2 Å². The zero-order valence-corrected chi connectivity index (χ0v) is 25.6. The molecule has 2 saturated heterocycles. The summed E-state index contributed by atoms with van der Waals surface area (Å²) in [5.41, 5.74) is 0.323. The van der Waals surface area contributed by atoms with E-state index in [9.17, 15) is 23.2 Å². The standard InChI is InChI=1S/C29H37ClF2N6O5/c1-29(2,3)43-28(41)38-13-5-7-20(38)27(40)37-14-11-17-18(30)9-10-22(24(17)21(37)15-36-12-6-8-23(36)39)42-16-19-25(26(31)32)35(4)34-33-19/h9-10,20-21,26H,5-8,11-16H2,1-4H3/t20-,21+/m0/s1. The summed E-state index contributed by atoms with van der Waals surface area (Å²) in [6, 6.07) is 1.97. The van der Waals surface area contributed by atoms with Crippen molar-refractivity contribution in [2.45, 2.75) is 83.6 Å². The second kappa shape index (κ2) is 12.3. The van der Waals surface area contributed by atoms with Gasteiger partial charge >= 0.3 is 6.09 Å². The van der Waals surface area contributed by atoms with E-state index in [1.54, 1.807) is 42.7 Å². The molecule has 234 valence electrons. The van der Waals surface area contributed by atoms with Crippen LogP contribution in [0.1, 0.15) is 81.4 Å². The topological polar surface area (TPSA) is 110 Å². The van der Waals surface area contributed by atoms with Crippen molar-refractivity contribution in [2.24, 2.45) is 7.05 Å². The number of halogens is 3. The van der Waals surface area contributed by atoms with Gasteiger partial charge in [0.05, 0.1) is 6.04 Å². The summed E-state index contributed by atoms with van der Waals surface area (Å²) in [5.74, 6) is 0.0988. The molecule has 5 rings (SSSR count). The van der Waals surface area contributed by atoms with Crippen molar-refractivity contribution in [3.63, 3.8) is 0 Å². The summed E-state index contributed by atoms with van der Waals surface area (Å²) in [4.78, 5) is 44.9. The molecule has 4 heterocycles. The van der Waals surface area contributed by atoms with Crippen LogP contribution in [0.3, 0.4) is 0 Å². The number of nitrogens with zero attached hydrogens (tertiary/aromatic N) is 6. The van der Waals surface area contributed by atoms with Crippen LogP contribution in [0.15, 0.2) is 12.1 Å². The number of aromatic nitrogens is 3. The molecule has 2 atom stereocenters. The maximum atomic E-state index is 14.2. The highest BCUT2D eigenvalue weighted by atomic mass is 35.5. The van der Waals surface area contributed by atoms with Crippen LogP contribution >= 0.6 is 11.6 Å². The second-order valence-corrected chi connectivity index (χ2v) is 12.6. The molecule has 0 N–H and O–H groups in total. The minimum absolute atomic E-state index is 0.00447. The Hall–Kier alpha value is -3.48. The van der Waals surface area contributed by atoms with Gasteiger partial charge in [0, 0.05) is 50.2 Å². The van der Waals surface area contributed by atoms with E-state index in [1.165, 1.54) is 11.9 Å². The Bertz CT molecular complexity index is 1400. The number of ether oxygens (including phenoxy) is 2. The Morgan fingerprint density at radius 2 is 1.88 bits per heavy atom. The van der Waals surface area contributed by atoms with E-state index in [1.807, 2.05) is 0 Å². The predicted octanol–water partition coefficient (Wildman–Crippen LogP) is 4.43. The molecule has 3 amide bonds. The molecular formula is C29H37ClF2N6O5. The molecular weight excluding hydrogens is 586 g/mol. The van der Waals surface area contributed by atoms with Crippen molar-refractivity contribution >= 4 is 29.5 Å². The molecule has 0 saturated carbocycles. The minimum atomic E-state index is -2.79. The molecule has 11 nitrogen and oxygen atoms in total. The summed E-state index contributed by atoms with van der Waals surface area (Å²) in [7, 11) is 1.39. The van der Waals surface area contributed by atoms with Crippen molar-refractivity contribution < 1.29 is 32.6 Å². The van der Waals surface area contributed by atoms with Gasteiger partial charge < -0.3 is 19.3 Å². The molecule has 0 radical (unpaired) electrons. The predicted molar refractivity (Wildman–Crippen MR) is 152 cm³/mol. The fourth-order valence-corrected chi connectivity index (χ4v) is 6.40. The van der Waals surface area contributed by atoms with Crippen molar-refractivity contribution in [2.75, 3.05) is 26.2 Å². The average molecular weight is 623 g/mol. The third-order valence-electron chi connectivity index (χ3n) is 8.10. The third-order valence-corrected chi connectivity index (χ3v) is 8.45. The van der Waals surface area contributed by atoms with Crippen LogP contribution in [0.4, 0.5) is 13.6 Å². The highest BCUT2D eigenvalue weighted by Crippen LogP contribution is 2.42. The number of alkyl halides is 2. The number of likely N-dealkylation sites (tertiary alicyclic amines) is 2. The van der Waals surface area contributed by atoms with Gasteiger partial charge in [-0.15, -0.1) is 5.10 Å². The number of carbonyl (C=O) groups excluding carboxylic acids is 3. The van der Waals surface area contributed by atoms with E-state index in [2.05, 4.69) is 10.3 Å². The van der Waals surface area contributed by atoms with Crippen LogP contribution < -0.4 is 4.74 Å². The van der Waals surface area contributed by atoms with Crippen molar-refractivity contribution in [3.05, 3.63) is 39.7 Å². The minimum Gasteiger partial charge on any atom is -0.487 e. The third kappa shape index (κ3) is 6.41. The Morgan fingerprint density at radius 1 is 1.12 bits per heavy atom. The molecule has 2 fully saturated rings. The SMILES string of the molecule is Cn1nnc(COc2ccc(Cl)c3c2[C@@H](CN2CCCC2=O)N(C(=O)[C@@H]2CCCN2C(=O)OC(C)(C)C)CC3)c1C(F)F. The van der Waals surface area contributed by atoms with Gasteiger partial charge in [-0.3, -0.25) is 14.5 Å². The lowest BCUT2D eigenvalue weighted by molar-refractivity contribution is -0.141. The van der Waals surface area contributed by atoms with Gasteiger partial charge in [0.25, 0.3) is 6.43 Å². The average Bonchev–Trinajstić information content (AvgIpc) is 3.67. The molecule has 1 aromatic heterocycles. The summed E-state index contributed by atoms with van der Waals surface area (Å²) < 4.78 is 40.1. The van der Waals surface area contributed by atoms with Crippen molar-refractivity contribution in [1.29, 1.82) is 0 Å². The van der Waals surface area contributed by atoms with Gasteiger partial charge in [0.15, 0.2) is 0 Å².